The summed E-state index contributed by atoms with van der Waals surface area (Å²) in [6.07, 6.45) is 0.716. The van der Waals surface area contributed by atoms with Gasteiger partial charge in [-0.3, -0.25) is 0 Å². The number of ether oxygens (including phenoxy) is 1. The Bertz CT molecular complexity index is 162. The van der Waals surface area contributed by atoms with Crippen LogP contribution in [0.25, 0.3) is 0 Å². The van der Waals surface area contributed by atoms with E-state index in [1.54, 1.807) is 0 Å². The second kappa shape index (κ2) is 3.70. The summed E-state index contributed by atoms with van der Waals surface area (Å²) in [7, 11) is 0. The maximum atomic E-state index is 8.63. The van der Waals surface area contributed by atoms with Crippen molar-refractivity contribution in [1.29, 1.82) is 5.26 Å². The first-order chi connectivity index (χ1) is 5.24. The normalized spacial score (nSPS) is 30.7. The molecule has 1 aliphatic rings. The Morgan fingerprint density at radius 3 is 2.91 bits per heavy atom. The van der Waals surface area contributed by atoms with Gasteiger partial charge in [0.2, 0.25) is 0 Å². The fourth-order valence-electron chi connectivity index (χ4n) is 1.32. The summed E-state index contributed by atoms with van der Waals surface area (Å²) in [6, 6.07) is 2.80. The Balaban J connectivity index is 2.39. The second-order valence-corrected chi connectivity index (χ2v) is 3.14. The molecule has 2 atom stereocenters. The largest absolute Gasteiger partial charge is 0.362 e. The topological polar surface area (TPSA) is 45.0 Å². The van der Waals surface area contributed by atoms with Gasteiger partial charge in [0, 0.05) is 12.1 Å². The van der Waals surface area contributed by atoms with E-state index >= 15 is 0 Å². The van der Waals surface area contributed by atoms with Crippen molar-refractivity contribution in [2.75, 3.05) is 6.61 Å². The molecule has 0 aliphatic carbocycles. The summed E-state index contributed by atoms with van der Waals surface area (Å²) in [5, 5.41) is 11.9. The molecule has 1 N–H and O–H groups in total. The highest BCUT2D eigenvalue weighted by Crippen LogP contribution is 2.12. The molecule has 1 rings (SSSR count). The summed E-state index contributed by atoms with van der Waals surface area (Å²) in [5.41, 5.74) is 0. The smallest absolute Gasteiger partial charge is 0.159 e. The molecule has 0 amide bonds. The molecule has 0 bridgehead atoms. The molecule has 0 aromatic carbocycles. The van der Waals surface area contributed by atoms with E-state index in [-0.39, 0.29) is 12.1 Å². The van der Waals surface area contributed by atoms with E-state index in [2.05, 4.69) is 25.2 Å². The molecule has 1 fully saturated rings. The minimum atomic E-state index is -0.239. The van der Waals surface area contributed by atoms with Gasteiger partial charge >= 0.3 is 0 Å². The SMILES string of the molecule is CC(C)NC1CCOC1C#N. The predicted molar refractivity (Wildman–Crippen MR) is 42.0 cm³/mol. The highest BCUT2D eigenvalue weighted by atomic mass is 16.5. The molecule has 1 aliphatic heterocycles. The van der Waals surface area contributed by atoms with Gasteiger partial charge in [-0.15, -0.1) is 0 Å². The summed E-state index contributed by atoms with van der Waals surface area (Å²) in [4.78, 5) is 0. The van der Waals surface area contributed by atoms with Gasteiger partial charge < -0.3 is 10.1 Å². The third-order valence-corrected chi connectivity index (χ3v) is 1.77. The first kappa shape index (κ1) is 8.51. The van der Waals surface area contributed by atoms with E-state index in [1.807, 2.05) is 0 Å². The van der Waals surface area contributed by atoms with E-state index in [4.69, 9.17) is 10.00 Å². The molecular weight excluding hydrogens is 140 g/mol. The molecule has 3 heteroatoms. The number of hydrogen-bond acceptors (Lipinski definition) is 3. The van der Waals surface area contributed by atoms with Crippen LogP contribution in [0.15, 0.2) is 0 Å². The molecule has 0 aromatic rings. The maximum Gasteiger partial charge on any atom is 0.159 e. The zero-order valence-corrected chi connectivity index (χ0v) is 7.00. The molecule has 1 saturated heterocycles. The van der Waals surface area contributed by atoms with Gasteiger partial charge in [-0.05, 0) is 6.42 Å². The average Bonchev–Trinajstić information content (AvgIpc) is 2.34. The quantitative estimate of drug-likeness (QED) is 0.635. The Morgan fingerprint density at radius 2 is 2.36 bits per heavy atom. The Labute approximate surface area is 67.3 Å². The third kappa shape index (κ3) is 2.18. The van der Waals surface area contributed by atoms with Crippen molar-refractivity contribution >= 4 is 0 Å². The Hall–Kier alpha value is -0.590. The molecule has 62 valence electrons. The van der Waals surface area contributed by atoms with Crippen molar-refractivity contribution in [1.82, 2.24) is 5.32 Å². The van der Waals surface area contributed by atoms with Gasteiger partial charge in [0.1, 0.15) is 0 Å². The molecule has 3 nitrogen and oxygen atoms in total. The van der Waals surface area contributed by atoms with Crippen LogP contribution in [0.2, 0.25) is 0 Å². The van der Waals surface area contributed by atoms with E-state index < -0.39 is 0 Å². The summed E-state index contributed by atoms with van der Waals surface area (Å²) >= 11 is 0. The molecule has 0 saturated carbocycles. The van der Waals surface area contributed by atoms with Crippen LogP contribution in [0.1, 0.15) is 20.3 Å². The molecular formula is C8H14N2O. The van der Waals surface area contributed by atoms with Crippen molar-refractivity contribution in [2.45, 2.75) is 38.5 Å². The fraction of sp³-hybridized carbons (Fsp3) is 0.875. The number of nitrogens with zero attached hydrogens (tertiary/aromatic N) is 1. The summed E-state index contributed by atoms with van der Waals surface area (Å²) < 4.78 is 5.19. The van der Waals surface area contributed by atoms with Gasteiger partial charge in [-0.2, -0.15) is 5.26 Å². The summed E-state index contributed by atoms with van der Waals surface area (Å²) in [5.74, 6) is 0. The lowest BCUT2D eigenvalue weighted by Gasteiger charge is -2.16. The number of hydrogen-bond donors (Lipinski definition) is 1. The zero-order chi connectivity index (χ0) is 8.27. The number of nitriles is 1. The van der Waals surface area contributed by atoms with Crippen LogP contribution in [0, 0.1) is 11.3 Å². The highest BCUT2D eigenvalue weighted by molar-refractivity contribution is 4.97. The number of nitrogens with one attached hydrogen (secondary N) is 1. The molecule has 0 aromatic heterocycles. The summed E-state index contributed by atoms with van der Waals surface area (Å²) in [6.45, 7) is 4.86. The highest BCUT2D eigenvalue weighted by Gasteiger charge is 2.27. The van der Waals surface area contributed by atoms with Crippen molar-refractivity contribution in [3.05, 3.63) is 0 Å². The van der Waals surface area contributed by atoms with Crippen LogP contribution in [-0.2, 0) is 4.74 Å². The molecule has 2 unspecified atom stereocenters. The Morgan fingerprint density at radius 1 is 1.64 bits per heavy atom. The zero-order valence-electron chi connectivity index (χ0n) is 7.00. The molecule has 1 heterocycles. The predicted octanol–water partition coefficient (Wildman–Crippen LogP) is 0.665. The average molecular weight is 154 g/mol. The van der Waals surface area contributed by atoms with Gasteiger partial charge in [-0.25, -0.2) is 0 Å². The van der Waals surface area contributed by atoms with Gasteiger partial charge in [0.15, 0.2) is 6.10 Å². The lowest BCUT2D eigenvalue weighted by molar-refractivity contribution is 0.138. The van der Waals surface area contributed by atoms with Gasteiger partial charge in [-0.1, -0.05) is 13.8 Å². The molecule has 0 radical (unpaired) electrons. The van der Waals surface area contributed by atoms with Crippen molar-refractivity contribution in [2.24, 2.45) is 0 Å². The van der Waals surface area contributed by atoms with Crippen LogP contribution >= 0.6 is 0 Å². The van der Waals surface area contributed by atoms with E-state index in [9.17, 15) is 0 Å². The van der Waals surface area contributed by atoms with Crippen LogP contribution in [0.5, 0.6) is 0 Å². The Kier molecular flexibility index (Phi) is 2.86. The number of rotatable bonds is 2. The first-order valence-electron chi connectivity index (χ1n) is 4.01. The van der Waals surface area contributed by atoms with E-state index in [0.29, 0.717) is 12.6 Å². The minimum absolute atomic E-state index is 0.236. The molecule has 0 spiro atoms. The maximum absolute atomic E-state index is 8.63. The van der Waals surface area contributed by atoms with Crippen molar-refractivity contribution in [3.8, 4) is 6.07 Å². The standard InChI is InChI=1S/C8H14N2O/c1-6(2)10-7-3-4-11-8(7)5-9/h6-8,10H,3-4H2,1-2H3. The van der Waals surface area contributed by atoms with Crippen molar-refractivity contribution in [3.63, 3.8) is 0 Å². The van der Waals surface area contributed by atoms with Crippen molar-refractivity contribution < 1.29 is 4.74 Å². The molecule has 11 heavy (non-hydrogen) atoms. The minimum Gasteiger partial charge on any atom is -0.362 e. The monoisotopic (exact) mass is 154 g/mol. The van der Waals surface area contributed by atoms with Crippen LogP contribution in [0.3, 0.4) is 0 Å². The lowest BCUT2D eigenvalue weighted by atomic mass is 10.1. The van der Waals surface area contributed by atoms with Crippen LogP contribution in [-0.4, -0.2) is 24.8 Å². The van der Waals surface area contributed by atoms with E-state index in [0.717, 1.165) is 6.42 Å². The lowest BCUT2D eigenvalue weighted by Crippen LogP contribution is -2.39. The van der Waals surface area contributed by atoms with Crippen LogP contribution < -0.4 is 5.32 Å². The van der Waals surface area contributed by atoms with Crippen LogP contribution in [0.4, 0.5) is 0 Å². The van der Waals surface area contributed by atoms with E-state index in [1.165, 1.54) is 0 Å². The fourth-order valence-corrected chi connectivity index (χ4v) is 1.32. The first-order valence-corrected chi connectivity index (χ1v) is 4.01. The third-order valence-electron chi connectivity index (χ3n) is 1.77. The van der Waals surface area contributed by atoms with Gasteiger partial charge in [0.25, 0.3) is 0 Å². The van der Waals surface area contributed by atoms with Gasteiger partial charge in [0.05, 0.1) is 12.7 Å². The second-order valence-electron chi connectivity index (χ2n) is 3.14.